The zero-order chi connectivity index (χ0) is 25.1. The molecular weight excluding hydrogens is 452 g/mol. The summed E-state index contributed by atoms with van der Waals surface area (Å²) in [6.07, 6.45) is -6.59. The molecule has 0 unspecified atom stereocenters. The van der Waals surface area contributed by atoms with Crippen molar-refractivity contribution in [2.24, 2.45) is 0 Å². The highest BCUT2D eigenvalue weighted by atomic mass is 16.7. The minimum atomic E-state index is -1.55. The second-order valence-corrected chi connectivity index (χ2v) is 8.84. The molecule has 4 N–H and O–H groups in total. The van der Waals surface area contributed by atoms with Crippen molar-refractivity contribution in [1.29, 1.82) is 0 Å². The Morgan fingerprint density at radius 1 is 0.971 bits per heavy atom. The van der Waals surface area contributed by atoms with E-state index in [1.165, 1.54) is 0 Å². The monoisotopic (exact) mass is 484 g/mol. The number of para-hydroxylation sites is 1. The molecule has 3 aromatic rings. The highest BCUT2D eigenvalue weighted by molar-refractivity contribution is 5.67. The van der Waals surface area contributed by atoms with E-state index < -0.39 is 37.3 Å². The zero-order valence-electron chi connectivity index (χ0n) is 20.0. The molecule has 188 valence electrons. The molecular formula is C26H32N2O7. The minimum Gasteiger partial charge on any atom is -0.496 e. The van der Waals surface area contributed by atoms with Gasteiger partial charge in [0, 0.05) is 23.6 Å². The molecule has 35 heavy (non-hydrogen) atoms. The van der Waals surface area contributed by atoms with Gasteiger partial charge in [0.15, 0.2) is 0 Å². The molecule has 1 fully saturated rings. The van der Waals surface area contributed by atoms with E-state index in [4.69, 9.17) is 19.3 Å². The standard InChI is InChI=1S/C26H32N2O7/c1-15(2)28-21(16-9-5-4-6-10-16)18(13-17-11-7-8-12-19(17)33-3)25(27-28)35-26-24(32)23(31)22(30)20(14-29)34-26/h4-12,15,20,22-24,26,29-32H,13-14H2,1-3H3/t20-,22-,23+,24-,26+/m1/s1. The van der Waals surface area contributed by atoms with Crippen LogP contribution in [0.1, 0.15) is 31.0 Å². The Balaban J connectivity index is 1.82. The number of benzene rings is 2. The van der Waals surface area contributed by atoms with Crippen molar-refractivity contribution in [3.05, 3.63) is 65.7 Å². The molecule has 1 aliphatic rings. The first-order valence-electron chi connectivity index (χ1n) is 11.6. The van der Waals surface area contributed by atoms with Crippen LogP contribution in [0, 0.1) is 0 Å². The van der Waals surface area contributed by atoms with E-state index >= 15 is 0 Å². The molecule has 9 heteroatoms. The normalized spacial score (nSPS) is 24.5. The van der Waals surface area contributed by atoms with Gasteiger partial charge in [-0.05, 0) is 25.5 Å². The fraction of sp³-hybridized carbons (Fsp3) is 0.423. The molecule has 0 bridgehead atoms. The van der Waals surface area contributed by atoms with Gasteiger partial charge in [-0.1, -0.05) is 48.5 Å². The van der Waals surface area contributed by atoms with Crippen LogP contribution in [0.15, 0.2) is 54.6 Å². The van der Waals surface area contributed by atoms with Crippen LogP contribution in [0.2, 0.25) is 0 Å². The third kappa shape index (κ3) is 5.05. The fourth-order valence-electron chi connectivity index (χ4n) is 4.29. The zero-order valence-corrected chi connectivity index (χ0v) is 20.0. The van der Waals surface area contributed by atoms with Crippen LogP contribution >= 0.6 is 0 Å². The van der Waals surface area contributed by atoms with Gasteiger partial charge in [0.25, 0.3) is 0 Å². The van der Waals surface area contributed by atoms with Gasteiger partial charge >= 0.3 is 0 Å². The lowest BCUT2D eigenvalue weighted by atomic mass is 9.99. The van der Waals surface area contributed by atoms with Crippen molar-refractivity contribution in [3.63, 3.8) is 0 Å². The topological polar surface area (TPSA) is 126 Å². The second kappa shape index (κ2) is 10.8. The van der Waals surface area contributed by atoms with E-state index in [2.05, 4.69) is 0 Å². The van der Waals surface area contributed by atoms with Crippen molar-refractivity contribution in [3.8, 4) is 22.9 Å². The van der Waals surface area contributed by atoms with Crippen molar-refractivity contribution < 1.29 is 34.6 Å². The quantitative estimate of drug-likeness (QED) is 0.382. The Kier molecular flexibility index (Phi) is 7.73. The van der Waals surface area contributed by atoms with E-state index in [0.29, 0.717) is 12.2 Å². The lowest BCUT2D eigenvalue weighted by molar-refractivity contribution is -0.278. The van der Waals surface area contributed by atoms with Crippen LogP contribution in [0.25, 0.3) is 11.3 Å². The predicted octanol–water partition coefficient (Wildman–Crippen LogP) is 1.91. The second-order valence-electron chi connectivity index (χ2n) is 8.84. The average Bonchev–Trinajstić information content (AvgIpc) is 3.23. The Morgan fingerprint density at radius 3 is 2.31 bits per heavy atom. The summed E-state index contributed by atoms with van der Waals surface area (Å²) in [7, 11) is 1.61. The van der Waals surface area contributed by atoms with Gasteiger partial charge in [0.1, 0.15) is 30.2 Å². The molecule has 2 aromatic carbocycles. The van der Waals surface area contributed by atoms with Gasteiger partial charge in [-0.25, -0.2) is 0 Å². The molecule has 9 nitrogen and oxygen atoms in total. The van der Waals surface area contributed by atoms with Crippen LogP contribution in [-0.4, -0.2) is 74.6 Å². The maximum Gasteiger partial charge on any atom is 0.239 e. The summed E-state index contributed by atoms with van der Waals surface area (Å²) in [5, 5.41) is 45.2. The van der Waals surface area contributed by atoms with Crippen LogP contribution < -0.4 is 9.47 Å². The first-order valence-corrected chi connectivity index (χ1v) is 11.6. The molecule has 1 aliphatic heterocycles. The van der Waals surface area contributed by atoms with Crippen molar-refractivity contribution in [2.45, 2.75) is 57.0 Å². The van der Waals surface area contributed by atoms with Crippen LogP contribution in [0.3, 0.4) is 0 Å². The molecule has 4 rings (SSSR count). The highest BCUT2D eigenvalue weighted by Gasteiger charge is 2.45. The molecule has 0 aliphatic carbocycles. The minimum absolute atomic E-state index is 0.0197. The molecule has 2 heterocycles. The SMILES string of the molecule is COc1ccccc1Cc1c(O[C@@H]2O[C@H](CO)[C@@H](O)[C@H](O)[C@H]2O)nn(C(C)C)c1-c1ccccc1. The van der Waals surface area contributed by atoms with E-state index in [1.54, 1.807) is 7.11 Å². The average molecular weight is 485 g/mol. The number of nitrogens with zero attached hydrogens (tertiary/aromatic N) is 2. The smallest absolute Gasteiger partial charge is 0.239 e. The number of hydrogen-bond donors (Lipinski definition) is 4. The van der Waals surface area contributed by atoms with Gasteiger partial charge in [0.05, 0.1) is 19.4 Å². The first-order chi connectivity index (χ1) is 16.8. The number of aromatic nitrogens is 2. The summed E-state index contributed by atoms with van der Waals surface area (Å²) < 4.78 is 19.1. The summed E-state index contributed by atoms with van der Waals surface area (Å²) >= 11 is 0. The first kappa shape index (κ1) is 25.2. The molecule has 0 spiro atoms. The van der Waals surface area contributed by atoms with E-state index in [1.807, 2.05) is 73.1 Å². The third-order valence-corrected chi connectivity index (χ3v) is 6.14. The Bertz CT molecular complexity index is 1120. The summed E-state index contributed by atoms with van der Waals surface area (Å²) in [5.41, 5.74) is 3.42. The van der Waals surface area contributed by atoms with Crippen molar-refractivity contribution >= 4 is 0 Å². The van der Waals surface area contributed by atoms with Crippen LogP contribution in [0.5, 0.6) is 11.6 Å². The lowest BCUT2D eigenvalue weighted by Crippen LogP contribution is -2.60. The molecule has 1 aromatic heterocycles. The summed E-state index contributed by atoms with van der Waals surface area (Å²) in [6.45, 7) is 3.46. The van der Waals surface area contributed by atoms with Gasteiger partial charge in [0.2, 0.25) is 12.2 Å². The van der Waals surface area contributed by atoms with E-state index in [-0.39, 0.29) is 11.9 Å². The number of hydrogen-bond acceptors (Lipinski definition) is 8. The summed E-state index contributed by atoms with van der Waals surface area (Å²) in [6, 6.07) is 17.4. The number of ether oxygens (including phenoxy) is 3. The number of methoxy groups -OCH3 is 1. The van der Waals surface area contributed by atoms with Gasteiger partial charge in [-0.2, -0.15) is 0 Å². The van der Waals surface area contributed by atoms with Crippen LogP contribution in [0.4, 0.5) is 0 Å². The molecule has 0 radical (unpaired) electrons. The fourth-order valence-corrected chi connectivity index (χ4v) is 4.29. The van der Waals surface area contributed by atoms with Crippen molar-refractivity contribution in [2.75, 3.05) is 13.7 Å². The number of aliphatic hydroxyl groups excluding tert-OH is 4. The number of aliphatic hydroxyl groups is 4. The van der Waals surface area contributed by atoms with Crippen LogP contribution in [-0.2, 0) is 11.2 Å². The van der Waals surface area contributed by atoms with Gasteiger partial charge < -0.3 is 34.6 Å². The molecule has 0 saturated carbocycles. The van der Waals surface area contributed by atoms with Crippen molar-refractivity contribution in [1.82, 2.24) is 9.78 Å². The summed E-state index contributed by atoms with van der Waals surface area (Å²) in [5.74, 6) is 0.926. The Morgan fingerprint density at radius 2 is 1.66 bits per heavy atom. The summed E-state index contributed by atoms with van der Waals surface area (Å²) in [4.78, 5) is 0. The molecule has 0 amide bonds. The van der Waals surface area contributed by atoms with E-state index in [0.717, 1.165) is 22.4 Å². The maximum absolute atomic E-state index is 10.6. The highest BCUT2D eigenvalue weighted by Crippen LogP contribution is 2.37. The van der Waals surface area contributed by atoms with E-state index in [9.17, 15) is 20.4 Å². The third-order valence-electron chi connectivity index (χ3n) is 6.14. The largest absolute Gasteiger partial charge is 0.496 e. The Labute approximate surface area is 204 Å². The maximum atomic E-state index is 10.6. The van der Waals surface area contributed by atoms with Gasteiger partial charge in [-0.15, -0.1) is 5.10 Å². The molecule has 5 atom stereocenters. The molecule has 1 saturated heterocycles. The Hall–Kier alpha value is -2.95. The number of rotatable bonds is 8. The lowest BCUT2D eigenvalue weighted by Gasteiger charge is -2.39. The van der Waals surface area contributed by atoms with Gasteiger partial charge in [-0.3, -0.25) is 4.68 Å². The predicted molar refractivity (Wildman–Crippen MR) is 128 cm³/mol.